The Labute approximate surface area is 420 Å². The van der Waals surface area contributed by atoms with Crippen LogP contribution in [0.15, 0.2) is 12.7 Å². The third-order valence-electron chi connectivity index (χ3n) is 11.7. The predicted octanol–water partition coefficient (Wildman–Crippen LogP) is 6.49. The molecule has 0 aromatic carbocycles. The number of aromatic nitrogens is 4. The quantitative estimate of drug-likeness (QED) is 0.0255. The second-order valence-corrected chi connectivity index (χ2v) is 23.8. The van der Waals surface area contributed by atoms with E-state index < -0.39 is 84.6 Å². The zero-order valence-electron chi connectivity index (χ0n) is 41.2. The van der Waals surface area contributed by atoms with Crippen molar-refractivity contribution in [3.63, 3.8) is 0 Å². The van der Waals surface area contributed by atoms with Gasteiger partial charge in [0, 0.05) is 37.1 Å². The Morgan fingerprint density at radius 2 is 1.35 bits per heavy atom. The maximum atomic E-state index is 12.8. The molecule has 24 nitrogen and oxygen atoms in total. The third-order valence-corrected chi connectivity index (χ3v) is 15.8. The van der Waals surface area contributed by atoms with Gasteiger partial charge < -0.3 is 50.9 Å². The molecule has 3 rings (SSSR count). The second kappa shape index (κ2) is 32.1. The Morgan fingerprint density at radius 1 is 0.803 bits per heavy atom. The molecule has 0 bridgehead atoms. The van der Waals surface area contributed by atoms with E-state index in [4.69, 9.17) is 19.5 Å². The number of nitrogens with zero attached hydrogens (tertiary/aromatic N) is 4. The van der Waals surface area contributed by atoms with E-state index >= 15 is 0 Å². The lowest BCUT2D eigenvalue weighted by Crippen LogP contribution is -2.46. The number of aliphatic hydroxyl groups is 2. The van der Waals surface area contributed by atoms with E-state index in [1.165, 1.54) is 117 Å². The van der Waals surface area contributed by atoms with Crippen LogP contribution in [0, 0.1) is 5.41 Å². The van der Waals surface area contributed by atoms with Crippen molar-refractivity contribution in [3.05, 3.63) is 12.7 Å². The van der Waals surface area contributed by atoms with Crippen molar-refractivity contribution in [1.82, 2.24) is 30.2 Å². The number of fused-ring (bicyclic) bond motifs is 1. The number of rotatable bonds is 39. The summed E-state index contributed by atoms with van der Waals surface area (Å²) in [7, 11) is -16.4. The summed E-state index contributed by atoms with van der Waals surface area (Å²) >= 11 is 1.16. The Morgan fingerprint density at radius 3 is 1.92 bits per heavy atom. The van der Waals surface area contributed by atoms with Gasteiger partial charge in [-0.1, -0.05) is 148 Å². The first-order valence-electron chi connectivity index (χ1n) is 24.6. The number of nitrogen functional groups attached to an aromatic ring is 1. The molecule has 0 radical (unpaired) electrons. The molecule has 28 heteroatoms. The van der Waals surface area contributed by atoms with Gasteiger partial charge in [0.2, 0.25) is 11.8 Å². The number of carbonyl (C=O) groups excluding carboxylic acids is 3. The number of imidazole rings is 1. The minimum atomic E-state index is -5.58. The molecular weight excluding hydrogens is 1010 g/mol. The zero-order valence-corrected chi connectivity index (χ0v) is 44.7. The van der Waals surface area contributed by atoms with Crippen LogP contribution in [0.3, 0.4) is 0 Å². The van der Waals surface area contributed by atoms with E-state index in [1.807, 2.05) is 0 Å². The molecule has 0 aliphatic carbocycles. The number of unbranched alkanes of at least 4 members (excludes halogenated alkanes) is 18. The van der Waals surface area contributed by atoms with Gasteiger partial charge in [-0.05, 0) is 6.42 Å². The summed E-state index contributed by atoms with van der Waals surface area (Å²) in [5, 5.41) is 26.7. The molecular formula is C43H78N7O17P3S. The van der Waals surface area contributed by atoms with Crippen molar-refractivity contribution in [1.29, 1.82) is 0 Å². The van der Waals surface area contributed by atoms with Gasteiger partial charge in [0.1, 0.15) is 36.3 Å². The molecule has 7 unspecified atom stereocenters. The highest BCUT2D eigenvalue weighted by Gasteiger charge is 2.50. The van der Waals surface area contributed by atoms with Gasteiger partial charge in [-0.2, -0.15) is 4.31 Å². The molecule has 1 aliphatic heterocycles. The standard InChI is InChI=1S/C43H78N7O17P3S/c1-4-5-6-7-8-9-10-11-12-13-14-15-16-17-18-19-20-21-22-23-34(52)71-27-26-45-33(51)24-25-46-41(55)38(54)43(2,3)29-64-70(61,62)67-69(59,60)63-28-32-37(66-68(56,57)58)36(53)42(65-32)50-31-49-35-39(44)47-30-48-40(35)50/h30-32,36-38,42,53-54H,4-29H2,1-3H3,(H,45,51)(H,46,55)(H,59,60)(H,61,62)(H2,44,47,48)(H2,56,57,58). The number of phosphoric ester groups is 3. The minimum absolute atomic E-state index is 0.0344. The van der Waals surface area contributed by atoms with Crippen LogP contribution >= 0.6 is 35.2 Å². The monoisotopic (exact) mass is 1090 g/mol. The molecule has 1 fully saturated rings. The zero-order chi connectivity index (χ0) is 52.5. The molecule has 1 aliphatic rings. The summed E-state index contributed by atoms with van der Waals surface area (Å²) in [6.45, 7) is 2.85. The van der Waals surface area contributed by atoms with Crippen molar-refractivity contribution in [2.45, 2.75) is 186 Å². The maximum absolute atomic E-state index is 12.8. The summed E-state index contributed by atoms with van der Waals surface area (Å²) in [6, 6.07) is 0. The number of anilines is 1. The number of nitrogens with one attached hydrogen (secondary N) is 2. The Hall–Kier alpha value is -2.44. The van der Waals surface area contributed by atoms with Crippen LogP contribution in [0.2, 0.25) is 0 Å². The molecule has 0 spiro atoms. The first-order chi connectivity index (χ1) is 33.6. The van der Waals surface area contributed by atoms with Gasteiger partial charge >= 0.3 is 23.5 Å². The van der Waals surface area contributed by atoms with Crippen molar-refractivity contribution in [2.75, 3.05) is 37.8 Å². The normalized spacial score (nSPS) is 19.6. The van der Waals surface area contributed by atoms with E-state index in [1.54, 1.807) is 0 Å². The van der Waals surface area contributed by atoms with Gasteiger partial charge in [-0.25, -0.2) is 28.6 Å². The lowest BCUT2D eigenvalue weighted by atomic mass is 9.87. The average molecular weight is 1090 g/mol. The van der Waals surface area contributed by atoms with E-state index in [0.717, 1.165) is 48.2 Å². The summed E-state index contributed by atoms with van der Waals surface area (Å²) < 4.78 is 62.5. The topological polar surface area (TPSA) is 364 Å². The highest BCUT2D eigenvalue weighted by atomic mass is 32.2. The number of nitrogens with two attached hydrogens (primary N) is 1. The highest BCUT2D eigenvalue weighted by Crippen LogP contribution is 2.61. The minimum Gasteiger partial charge on any atom is -0.386 e. The van der Waals surface area contributed by atoms with E-state index in [2.05, 4.69) is 41.3 Å². The molecule has 10 N–H and O–H groups in total. The van der Waals surface area contributed by atoms with Gasteiger partial charge in [-0.3, -0.25) is 32.5 Å². The van der Waals surface area contributed by atoms with Crippen LogP contribution in [0.1, 0.15) is 162 Å². The highest BCUT2D eigenvalue weighted by molar-refractivity contribution is 8.13. The molecule has 2 aromatic heterocycles. The Bertz CT molecular complexity index is 2070. The lowest BCUT2D eigenvalue weighted by Gasteiger charge is -2.30. The predicted molar refractivity (Wildman–Crippen MR) is 265 cm³/mol. The van der Waals surface area contributed by atoms with Crippen LogP contribution in [0.5, 0.6) is 0 Å². The maximum Gasteiger partial charge on any atom is 0.481 e. The van der Waals surface area contributed by atoms with Crippen LogP contribution < -0.4 is 16.4 Å². The van der Waals surface area contributed by atoms with Crippen LogP contribution in [-0.2, 0) is 50.7 Å². The van der Waals surface area contributed by atoms with Crippen molar-refractivity contribution < 1.29 is 80.5 Å². The Balaban J connectivity index is 1.24. The van der Waals surface area contributed by atoms with Crippen LogP contribution in [-0.4, -0.2) is 123 Å². The van der Waals surface area contributed by atoms with Crippen LogP contribution in [0.25, 0.3) is 11.2 Å². The second-order valence-electron chi connectivity index (χ2n) is 18.4. The first kappa shape index (κ1) is 62.9. The summed E-state index contributed by atoms with van der Waals surface area (Å²) in [6.07, 6.45) is 18.0. The number of thioether (sulfide) groups is 1. The molecule has 0 saturated carbocycles. The Kier molecular flexibility index (Phi) is 28.4. The molecule has 7 atom stereocenters. The van der Waals surface area contributed by atoms with Crippen molar-refractivity contribution in [2.24, 2.45) is 5.41 Å². The summed E-state index contributed by atoms with van der Waals surface area (Å²) in [5.74, 6) is -1.01. The fourth-order valence-electron chi connectivity index (χ4n) is 7.71. The molecule has 71 heavy (non-hydrogen) atoms. The average Bonchev–Trinajstić information content (AvgIpc) is 3.86. The van der Waals surface area contributed by atoms with Crippen LogP contribution in [0.4, 0.5) is 5.82 Å². The molecule has 3 heterocycles. The third kappa shape index (κ3) is 24.6. The number of hydrogen-bond donors (Lipinski definition) is 9. The molecule has 2 aromatic rings. The first-order valence-corrected chi connectivity index (χ1v) is 30.1. The fraction of sp³-hybridized carbons (Fsp3) is 0.814. The summed E-state index contributed by atoms with van der Waals surface area (Å²) in [5.41, 5.74) is 4.30. The molecule has 2 amide bonds. The van der Waals surface area contributed by atoms with E-state index in [0.29, 0.717) is 12.2 Å². The van der Waals surface area contributed by atoms with Gasteiger partial charge in [-0.15, -0.1) is 0 Å². The van der Waals surface area contributed by atoms with E-state index in [9.17, 15) is 57.9 Å². The SMILES string of the molecule is CCCCCCCCCCCCCCCCCCCCCC(=O)SCCNC(=O)CCNC(=O)C(O)C(C)(C)COP(=O)(O)OP(=O)(O)OCC1OC(n2cnc3c(N)ncnc32)C(O)C1OP(=O)(O)O. The lowest BCUT2D eigenvalue weighted by molar-refractivity contribution is -0.137. The fourth-order valence-corrected chi connectivity index (χ4v) is 11.3. The van der Waals surface area contributed by atoms with Gasteiger partial charge in [0.25, 0.3) is 0 Å². The number of aliphatic hydroxyl groups excluding tert-OH is 2. The number of carbonyl (C=O) groups is 3. The number of hydrogen-bond acceptors (Lipinski definition) is 18. The van der Waals surface area contributed by atoms with Crippen molar-refractivity contribution in [3.8, 4) is 0 Å². The van der Waals surface area contributed by atoms with Crippen molar-refractivity contribution >= 4 is 69.1 Å². The number of amides is 2. The number of ether oxygens (including phenoxy) is 1. The number of phosphoric acid groups is 3. The largest absolute Gasteiger partial charge is 0.481 e. The molecule has 1 saturated heterocycles. The smallest absolute Gasteiger partial charge is 0.386 e. The molecule has 408 valence electrons. The van der Waals surface area contributed by atoms with Gasteiger partial charge in [0.05, 0.1) is 19.5 Å². The summed E-state index contributed by atoms with van der Waals surface area (Å²) in [4.78, 5) is 88.5. The van der Waals surface area contributed by atoms with E-state index in [-0.39, 0.29) is 41.6 Å². The van der Waals surface area contributed by atoms with Gasteiger partial charge in [0.15, 0.2) is 22.8 Å².